The van der Waals surface area contributed by atoms with Crippen LogP contribution in [0.2, 0.25) is 0 Å². The fourth-order valence-corrected chi connectivity index (χ4v) is 2.56. The number of hydrogen-bond acceptors (Lipinski definition) is 4. The minimum atomic E-state index is -3.92. The van der Waals surface area contributed by atoms with Gasteiger partial charge in [0.2, 0.25) is 10.0 Å². The molecule has 0 aliphatic heterocycles. The molecule has 2 rings (SSSR count). The number of halogens is 1. The Morgan fingerprint density at radius 3 is 2.39 bits per heavy atom. The molecule has 0 saturated carbocycles. The van der Waals surface area contributed by atoms with Crippen molar-refractivity contribution in [1.82, 2.24) is 0 Å². The second kappa shape index (κ2) is 6.35. The fraction of sp³-hybridized carbons (Fsp3) is 0.133. The third-order valence-corrected chi connectivity index (χ3v) is 4.06. The van der Waals surface area contributed by atoms with Gasteiger partial charge < -0.3 is 10.2 Å². The Labute approximate surface area is 133 Å². The van der Waals surface area contributed by atoms with Crippen LogP contribution < -0.4 is 15.4 Å². The molecule has 0 bridgehead atoms. The maximum atomic E-state index is 13.7. The Kier molecular flexibility index (Phi) is 4.67. The first-order valence-electron chi connectivity index (χ1n) is 6.60. The fourth-order valence-electron chi connectivity index (χ4n) is 2.02. The highest BCUT2D eigenvalue weighted by atomic mass is 32.2. The molecule has 0 atom stereocenters. The summed E-state index contributed by atoms with van der Waals surface area (Å²) in [5, 5.41) is 7.62. The van der Waals surface area contributed by atoms with E-state index in [4.69, 9.17) is 5.14 Å². The van der Waals surface area contributed by atoms with Gasteiger partial charge in [-0.3, -0.25) is 4.79 Å². The third kappa shape index (κ3) is 3.85. The molecule has 6 nitrogen and oxygen atoms in total. The van der Waals surface area contributed by atoms with Crippen LogP contribution >= 0.6 is 0 Å². The number of nitrogens with zero attached hydrogens (tertiary/aromatic N) is 1. The van der Waals surface area contributed by atoms with E-state index in [9.17, 15) is 17.6 Å². The van der Waals surface area contributed by atoms with Crippen LogP contribution in [-0.4, -0.2) is 28.4 Å². The molecule has 0 heterocycles. The number of sulfonamides is 1. The van der Waals surface area contributed by atoms with Gasteiger partial charge in [-0.15, -0.1) is 0 Å². The molecule has 0 fully saturated rings. The van der Waals surface area contributed by atoms with Gasteiger partial charge in [-0.05, 0) is 30.3 Å². The van der Waals surface area contributed by atoms with Crippen LogP contribution in [0, 0.1) is 5.82 Å². The van der Waals surface area contributed by atoms with Gasteiger partial charge in [0.25, 0.3) is 5.91 Å². The van der Waals surface area contributed by atoms with Crippen molar-refractivity contribution >= 4 is 27.3 Å². The number of amides is 1. The molecule has 0 aromatic heterocycles. The molecular weight excluding hydrogens is 321 g/mol. The van der Waals surface area contributed by atoms with Crippen LogP contribution in [0.4, 0.5) is 15.8 Å². The zero-order valence-corrected chi connectivity index (χ0v) is 13.4. The smallest absolute Gasteiger partial charge is 0.258 e. The number of nitrogens with one attached hydrogen (secondary N) is 1. The van der Waals surface area contributed by atoms with E-state index in [1.54, 1.807) is 19.0 Å². The highest BCUT2D eigenvalue weighted by Gasteiger charge is 2.17. The molecular formula is C15H16FN3O3S. The first kappa shape index (κ1) is 16.9. The van der Waals surface area contributed by atoms with E-state index in [1.165, 1.54) is 42.5 Å². The van der Waals surface area contributed by atoms with E-state index >= 15 is 0 Å². The average molecular weight is 337 g/mol. The lowest BCUT2D eigenvalue weighted by molar-refractivity contribution is 0.102. The van der Waals surface area contributed by atoms with Crippen molar-refractivity contribution in [2.45, 2.75) is 4.90 Å². The summed E-state index contributed by atoms with van der Waals surface area (Å²) in [5.74, 6) is -1.35. The number of benzene rings is 2. The lowest BCUT2D eigenvalue weighted by atomic mass is 10.2. The number of nitrogens with two attached hydrogens (primary N) is 1. The van der Waals surface area contributed by atoms with Gasteiger partial charge in [0, 0.05) is 14.1 Å². The number of hydrogen-bond donors (Lipinski definition) is 2. The minimum absolute atomic E-state index is 0.141. The Bertz CT molecular complexity index is 851. The van der Waals surface area contributed by atoms with E-state index in [0.717, 1.165) is 0 Å². The van der Waals surface area contributed by atoms with E-state index < -0.39 is 21.7 Å². The molecule has 8 heteroatoms. The lowest BCUT2D eigenvalue weighted by Gasteiger charge is -2.19. The molecule has 2 aromatic carbocycles. The monoisotopic (exact) mass is 337 g/mol. The molecule has 0 aliphatic rings. The van der Waals surface area contributed by atoms with Gasteiger partial charge in [-0.25, -0.2) is 17.9 Å². The highest BCUT2D eigenvalue weighted by molar-refractivity contribution is 7.89. The van der Waals surface area contributed by atoms with Crippen LogP contribution in [0.25, 0.3) is 0 Å². The molecule has 122 valence electrons. The molecule has 0 aliphatic carbocycles. The molecule has 3 N–H and O–H groups in total. The topological polar surface area (TPSA) is 92.5 Å². The van der Waals surface area contributed by atoms with Crippen molar-refractivity contribution in [3.8, 4) is 0 Å². The zero-order chi connectivity index (χ0) is 17.2. The molecule has 23 heavy (non-hydrogen) atoms. The number of anilines is 2. The summed E-state index contributed by atoms with van der Waals surface area (Å²) in [6, 6.07) is 9.60. The second-order valence-electron chi connectivity index (χ2n) is 5.05. The Hall–Kier alpha value is -2.45. The third-order valence-electron chi connectivity index (χ3n) is 3.15. The van der Waals surface area contributed by atoms with E-state index in [1.807, 2.05) is 0 Å². The summed E-state index contributed by atoms with van der Waals surface area (Å²) in [6.07, 6.45) is 0. The van der Waals surface area contributed by atoms with Crippen molar-refractivity contribution in [2.24, 2.45) is 5.14 Å². The van der Waals surface area contributed by atoms with Gasteiger partial charge in [-0.2, -0.15) is 0 Å². The molecule has 1 amide bonds. The summed E-state index contributed by atoms with van der Waals surface area (Å²) in [7, 11) is -0.466. The summed E-state index contributed by atoms with van der Waals surface area (Å²) in [6.45, 7) is 0. The lowest BCUT2D eigenvalue weighted by Crippen LogP contribution is -2.19. The number of carbonyl (C=O) groups is 1. The van der Waals surface area contributed by atoms with Gasteiger partial charge in [-0.1, -0.05) is 12.1 Å². The Morgan fingerprint density at radius 1 is 1.17 bits per heavy atom. The van der Waals surface area contributed by atoms with Gasteiger partial charge in [0.05, 0.1) is 21.8 Å². The van der Waals surface area contributed by atoms with Crippen molar-refractivity contribution < 1.29 is 17.6 Å². The van der Waals surface area contributed by atoms with E-state index in [0.29, 0.717) is 5.69 Å². The number of primary sulfonamides is 1. The second-order valence-corrected chi connectivity index (χ2v) is 6.61. The first-order valence-corrected chi connectivity index (χ1v) is 8.15. The zero-order valence-electron chi connectivity index (χ0n) is 12.6. The summed E-state index contributed by atoms with van der Waals surface area (Å²) in [5.41, 5.74) is 0.634. The molecule has 2 aromatic rings. The standard InChI is InChI=1S/C15H16FN3O3S/c1-19(2)14-8-7-10(23(17,21)22)9-13(14)18-15(20)11-5-3-4-6-12(11)16/h3-9H,1-2H3,(H,18,20)(H2,17,21,22). The minimum Gasteiger partial charge on any atom is -0.376 e. The largest absolute Gasteiger partial charge is 0.376 e. The van der Waals surface area contributed by atoms with Crippen molar-refractivity contribution in [3.05, 3.63) is 53.8 Å². The molecule has 0 saturated heterocycles. The maximum Gasteiger partial charge on any atom is 0.258 e. The molecule has 0 unspecified atom stereocenters. The summed E-state index contributed by atoms with van der Waals surface area (Å²) < 4.78 is 36.6. The van der Waals surface area contributed by atoms with E-state index in [-0.39, 0.29) is 16.1 Å². The van der Waals surface area contributed by atoms with Crippen molar-refractivity contribution in [3.63, 3.8) is 0 Å². The van der Waals surface area contributed by atoms with Crippen LogP contribution in [0.5, 0.6) is 0 Å². The highest BCUT2D eigenvalue weighted by Crippen LogP contribution is 2.28. The van der Waals surface area contributed by atoms with E-state index in [2.05, 4.69) is 5.32 Å². The van der Waals surface area contributed by atoms with Crippen molar-refractivity contribution in [1.29, 1.82) is 0 Å². The van der Waals surface area contributed by atoms with Gasteiger partial charge >= 0.3 is 0 Å². The van der Waals surface area contributed by atoms with Gasteiger partial charge in [0.1, 0.15) is 5.82 Å². The predicted molar refractivity (Wildman–Crippen MR) is 86.5 cm³/mol. The number of carbonyl (C=O) groups excluding carboxylic acids is 1. The molecule has 0 spiro atoms. The van der Waals surface area contributed by atoms with Gasteiger partial charge in [0.15, 0.2) is 0 Å². The number of rotatable bonds is 4. The van der Waals surface area contributed by atoms with Crippen LogP contribution in [0.1, 0.15) is 10.4 Å². The summed E-state index contributed by atoms with van der Waals surface area (Å²) >= 11 is 0. The predicted octanol–water partition coefficient (Wildman–Crippen LogP) is 1.79. The first-order chi connectivity index (χ1) is 10.7. The van der Waals surface area contributed by atoms with Crippen molar-refractivity contribution in [2.75, 3.05) is 24.3 Å². The Morgan fingerprint density at radius 2 is 1.83 bits per heavy atom. The quantitative estimate of drug-likeness (QED) is 0.889. The maximum absolute atomic E-state index is 13.7. The van der Waals surface area contributed by atoms with Crippen LogP contribution in [-0.2, 0) is 10.0 Å². The average Bonchev–Trinajstić information content (AvgIpc) is 2.46. The Balaban J connectivity index is 2.45. The molecule has 0 radical (unpaired) electrons. The summed E-state index contributed by atoms with van der Waals surface area (Å²) in [4.78, 5) is 13.8. The van der Waals surface area contributed by atoms with Crippen LogP contribution in [0.3, 0.4) is 0 Å². The SMILES string of the molecule is CN(C)c1ccc(S(N)(=O)=O)cc1NC(=O)c1ccccc1F. The van der Waals surface area contributed by atoms with Crippen LogP contribution in [0.15, 0.2) is 47.4 Å². The normalized spacial score (nSPS) is 11.1.